The van der Waals surface area contributed by atoms with E-state index in [9.17, 15) is 14.4 Å². The minimum absolute atomic E-state index is 0.0104. The second kappa shape index (κ2) is 35.2. The topological polar surface area (TPSA) is 82.1 Å². The van der Waals surface area contributed by atoms with Crippen LogP contribution in [0.5, 0.6) is 0 Å². The molecule has 1 saturated heterocycles. The van der Waals surface area contributed by atoms with Crippen LogP contribution >= 0.6 is 0 Å². The number of unbranched alkanes of at least 4 members (excludes halogenated alkanes) is 14. The quantitative estimate of drug-likeness (QED) is 0.0277. The molecule has 0 N–H and O–H groups in total. The zero-order valence-electron chi connectivity index (χ0n) is 34.5. The van der Waals surface area contributed by atoms with Crippen LogP contribution in [-0.4, -0.2) is 62.3 Å². The number of carbonyl (C=O) groups is 3. The van der Waals surface area contributed by atoms with Gasteiger partial charge in [-0.05, 0) is 88.3 Å². The molecule has 1 aliphatic rings. The lowest BCUT2D eigenvalue weighted by atomic mass is 9.94. The second-order valence-corrected chi connectivity index (χ2v) is 15.6. The van der Waals surface area contributed by atoms with Crippen LogP contribution in [0, 0.1) is 17.8 Å². The number of likely N-dealkylation sites (tertiary alicyclic amines) is 1. The number of nitrogens with zero attached hydrogens (tertiary/aromatic N) is 1. The van der Waals surface area contributed by atoms with Crippen LogP contribution in [0.25, 0.3) is 0 Å². The molecule has 0 bridgehead atoms. The van der Waals surface area contributed by atoms with E-state index in [1.807, 2.05) is 6.08 Å². The number of allylic oxidation sites excluding steroid dienone is 1. The van der Waals surface area contributed by atoms with Crippen molar-refractivity contribution in [2.45, 2.75) is 188 Å². The van der Waals surface area contributed by atoms with Crippen molar-refractivity contribution in [2.24, 2.45) is 17.8 Å². The minimum atomic E-state index is -0.137. The van der Waals surface area contributed by atoms with Crippen LogP contribution in [0.3, 0.4) is 0 Å². The van der Waals surface area contributed by atoms with Crippen LogP contribution < -0.4 is 0 Å². The molecule has 0 saturated carbocycles. The highest BCUT2D eigenvalue weighted by Crippen LogP contribution is 2.22. The highest BCUT2D eigenvalue weighted by molar-refractivity contribution is 5.72. The molecular weight excluding hydrogens is 663 g/mol. The summed E-state index contributed by atoms with van der Waals surface area (Å²) >= 11 is 0. The van der Waals surface area contributed by atoms with Gasteiger partial charge in [0, 0.05) is 13.0 Å². The van der Waals surface area contributed by atoms with E-state index in [1.165, 1.54) is 32.1 Å². The highest BCUT2D eigenvalue weighted by Gasteiger charge is 2.20. The zero-order valence-corrected chi connectivity index (χ0v) is 34.5. The summed E-state index contributed by atoms with van der Waals surface area (Å²) in [5.74, 6) is 0.319. The van der Waals surface area contributed by atoms with Gasteiger partial charge < -0.3 is 14.2 Å². The summed E-state index contributed by atoms with van der Waals surface area (Å²) < 4.78 is 16.8. The molecule has 3 unspecified atom stereocenters. The van der Waals surface area contributed by atoms with Crippen molar-refractivity contribution < 1.29 is 28.6 Å². The fourth-order valence-electron chi connectivity index (χ4n) is 7.12. The van der Waals surface area contributed by atoms with Gasteiger partial charge in [0.25, 0.3) is 0 Å². The van der Waals surface area contributed by atoms with Gasteiger partial charge in [0.2, 0.25) is 0 Å². The van der Waals surface area contributed by atoms with Gasteiger partial charge in [-0.25, -0.2) is 0 Å². The van der Waals surface area contributed by atoms with Gasteiger partial charge in [0.05, 0.1) is 25.6 Å². The van der Waals surface area contributed by atoms with E-state index < -0.39 is 0 Å². The zero-order chi connectivity index (χ0) is 38.6. The molecule has 1 aliphatic heterocycles. The SMILES string of the molecule is C=C=C=C=CC(CCCCC)CC(=O)OCCCCCCCCC(CCCCCCCCOC(=O)CC(C)CCCCC)C(=O)OCCN1CCCC1. The van der Waals surface area contributed by atoms with Crippen LogP contribution in [0.2, 0.25) is 0 Å². The van der Waals surface area contributed by atoms with E-state index in [4.69, 9.17) is 14.2 Å². The van der Waals surface area contributed by atoms with E-state index in [0.717, 1.165) is 142 Å². The third-order valence-corrected chi connectivity index (χ3v) is 10.5. The van der Waals surface area contributed by atoms with Gasteiger partial charge in [-0.2, -0.15) is 0 Å². The molecule has 3 atom stereocenters. The summed E-state index contributed by atoms with van der Waals surface area (Å²) in [4.78, 5) is 40.0. The van der Waals surface area contributed by atoms with Crippen LogP contribution in [0.15, 0.2) is 29.8 Å². The Labute approximate surface area is 325 Å². The lowest BCUT2D eigenvalue weighted by molar-refractivity contribution is -0.149. The Kier molecular flexibility index (Phi) is 32.2. The summed E-state index contributed by atoms with van der Waals surface area (Å²) in [6.45, 7) is 14.6. The van der Waals surface area contributed by atoms with Crippen LogP contribution in [0.1, 0.15) is 188 Å². The largest absolute Gasteiger partial charge is 0.466 e. The van der Waals surface area contributed by atoms with Crippen LogP contribution in [0.4, 0.5) is 0 Å². The Morgan fingerprint density at radius 3 is 1.72 bits per heavy atom. The second-order valence-electron chi connectivity index (χ2n) is 15.6. The van der Waals surface area contributed by atoms with Crippen molar-refractivity contribution in [1.82, 2.24) is 4.90 Å². The maximum absolute atomic E-state index is 13.1. The first-order valence-electron chi connectivity index (χ1n) is 22.0. The first-order valence-corrected chi connectivity index (χ1v) is 22.0. The fourth-order valence-corrected chi connectivity index (χ4v) is 7.12. The molecule has 0 amide bonds. The standard InChI is InChI=1S/C46H79NO6/c1-5-8-19-28-41(4)39-44(48)51-36-26-17-13-11-15-22-31-43(46(50)53-38-35-47-33-24-25-34-47)32-23-16-12-14-18-27-37-52-45(49)40-42(29-20-9-6-2)30-21-10-7-3/h29,41-43H,2,5,7-8,10-19,21-28,30-40H2,1,3-4H3. The summed E-state index contributed by atoms with van der Waals surface area (Å²) in [6.07, 6.45) is 29.0. The number of hydrogen-bond donors (Lipinski definition) is 0. The molecule has 0 spiro atoms. The van der Waals surface area contributed by atoms with Gasteiger partial charge in [0.1, 0.15) is 6.61 Å². The molecule has 304 valence electrons. The molecular formula is C46H79NO6. The summed E-state index contributed by atoms with van der Waals surface area (Å²) in [7, 11) is 0. The first kappa shape index (κ1) is 48.5. The average Bonchev–Trinajstić information content (AvgIpc) is 3.66. The average molecular weight is 742 g/mol. The smallest absolute Gasteiger partial charge is 0.308 e. The normalized spacial score (nSPS) is 14.4. The summed E-state index contributed by atoms with van der Waals surface area (Å²) in [5, 5.41) is 0. The van der Waals surface area contributed by atoms with E-state index in [0.29, 0.717) is 38.6 Å². The Morgan fingerprint density at radius 1 is 0.642 bits per heavy atom. The molecule has 7 heteroatoms. The highest BCUT2D eigenvalue weighted by atomic mass is 16.5. The van der Waals surface area contributed by atoms with Gasteiger partial charge in [0.15, 0.2) is 0 Å². The monoisotopic (exact) mass is 742 g/mol. The molecule has 0 aromatic heterocycles. The molecule has 1 fully saturated rings. The third kappa shape index (κ3) is 29.5. The first-order chi connectivity index (χ1) is 25.9. The Bertz CT molecular complexity index is 1050. The Balaban J connectivity index is 2.26. The number of carbonyl (C=O) groups excluding carboxylic acids is 3. The molecule has 1 rings (SSSR count). The maximum Gasteiger partial charge on any atom is 0.308 e. The van der Waals surface area contributed by atoms with E-state index in [1.54, 1.807) is 0 Å². The predicted octanol–water partition coefficient (Wildman–Crippen LogP) is 11.6. The maximum atomic E-state index is 13.1. The Morgan fingerprint density at radius 2 is 1.15 bits per heavy atom. The summed E-state index contributed by atoms with van der Waals surface area (Å²) in [5.41, 5.74) is 8.24. The molecule has 0 radical (unpaired) electrons. The molecule has 0 aliphatic carbocycles. The van der Waals surface area contributed by atoms with Crippen molar-refractivity contribution in [1.29, 1.82) is 0 Å². The van der Waals surface area contributed by atoms with Crippen molar-refractivity contribution >= 4 is 17.9 Å². The number of hydrogen-bond acceptors (Lipinski definition) is 7. The van der Waals surface area contributed by atoms with Crippen LogP contribution in [-0.2, 0) is 28.6 Å². The Hall–Kier alpha value is -2.55. The van der Waals surface area contributed by atoms with E-state index in [-0.39, 0.29) is 29.7 Å². The number of rotatable bonds is 35. The lowest BCUT2D eigenvalue weighted by Gasteiger charge is -2.18. The van der Waals surface area contributed by atoms with E-state index >= 15 is 0 Å². The van der Waals surface area contributed by atoms with E-state index in [2.05, 4.69) is 49.4 Å². The number of ether oxygens (including phenoxy) is 3. The third-order valence-electron chi connectivity index (χ3n) is 10.5. The molecule has 7 nitrogen and oxygen atoms in total. The van der Waals surface area contributed by atoms with Gasteiger partial charge in [-0.3, -0.25) is 19.3 Å². The fraction of sp³-hybridized carbons (Fsp3) is 0.826. The minimum Gasteiger partial charge on any atom is -0.466 e. The molecule has 0 aromatic carbocycles. The van der Waals surface area contributed by atoms with Crippen molar-refractivity contribution in [3.05, 3.63) is 29.8 Å². The molecule has 53 heavy (non-hydrogen) atoms. The van der Waals surface area contributed by atoms with Crippen molar-refractivity contribution in [3.8, 4) is 0 Å². The molecule has 1 heterocycles. The van der Waals surface area contributed by atoms with Crippen molar-refractivity contribution in [3.63, 3.8) is 0 Å². The predicted molar refractivity (Wildman–Crippen MR) is 218 cm³/mol. The van der Waals surface area contributed by atoms with Gasteiger partial charge in [-0.15, -0.1) is 0 Å². The van der Waals surface area contributed by atoms with Gasteiger partial charge in [-0.1, -0.05) is 141 Å². The van der Waals surface area contributed by atoms with Crippen molar-refractivity contribution in [2.75, 3.05) is 39.5 Å². The summed E-state index contributed by atoms with van der Waals surface area (Å²) in [6, 6.07) is 0. The molecule has 0 aromatic rings. The number of esters is 3. The lowest BCUT2D eigenvalue weighted by Crippen LogP contribution is -2.27. The van der Waals surface area contributed by atoms with Gasteiger partial charge >= 0.3 is 17.9 Å².